The first-order valence-corrected chi connectivity index (χ1v) is 10.9. The number of aliphatic imine (C=N–C) groups is 2. The zero-order valence-corrected chi connectivity index (χ0v) is 19.7. The Balaban J connectivity index is 1.79. The van der Waals surface area contributed by atoms with Gasteiger partial charge in [-0.3, -0.25) is 9.98 Å². The lowest BCUT2D eigenvalue weighted by Crippen LogP contribution is -2.17. The molecule has 0 N–H and O–H groups in total. The average molecular weight is 433 g/mol. The number of hydrogen-bond acceptors (Lipinski definition) is 4. The summed E-state index contributed by atoms with van der Waals surface area (Å²) in [5.41, 5.74) is 3.66. The SMILES string of the molecule is CC(C)(N=Cc1ccccc1S)c1ccc(C(C)(C)N=Cc2ccccc2S)cc1. The van der Waals surface area contributed by atoms with E-state index in [9.17, 15) is 0 Å². The van der Waals surface area contributed by atoms with Gasteiger partial charge in [-0.05, 0) is 51.0 Å². The Morgan fingerprint density at radius 3 is 1.23 bits per heavy atom. The molecule has 0 saturated carbocycles. The second-order valence-corrected chi connectivity index (χ2v) is 9.29. The van der Waals surface area contributed by atoms with Crippen LogP contribution in [-0.4, -0.2) is 12.4 Å². The predicted molar refractivity (Wildman–Crippen MR) is 135 cm³/mol. The van der Waals surface area contributed by atoms with Crippen molar-refractivity contribution in [3.8, 4) is 0 Å². The molecule has 0 saturated heterocycles. The lowest BCUT2D eigenvalue weighted by atomic mass is 9.89. The fourth-order valence-corrected chi connectivity index (χ4v) is 3.53. The van der Waals surface area contributed by atoms with E-state index in [0.717, 1.165) is 32.0 Å². The monoisotopic (exact) mass is 432 g/mol. The van der Waals surface area contributed by atoms with Gasteiger partial charge >= 0.3 is 0 Å². The lowest BCUT2D eigenvalue weighted by molar-refractivity contribution is 0.549. The maximum atomic E-state index is 4.82. The molecule has 0 aliphatic carbocycles. The molecule has 0 aromatic heterocycles. The summed E-state index contributed by atoms with van der Waals surface area (Å²) in [5, 5.41) is 0. The number of thiol groups is 2. The lowest BCUT2D eigenvalue weighted by Gasteiger charge is -2.24. The van der Waals surface area contributed by atoms with Gasteiger partial charge in [0.1, 0.15) is 0 Å². The van der Waals surface area contributed by atoms with Crippen LogP contribution in [0.15, 0.2) is 92.6 Å². The second-order valence-electron chi connectivity index (χ2n) is 8.33. The van der Waals surface area contributed by atoms with E-state index in [1.807, 2.05) is 61.0 Å². The van der Waals surface area contributed by atoms with Crippen LogP contribution in [-0.2, 0) is 11.1 Å². The number of rotatable bonds is 6. The molecule has 0 unspecified atom stereocenters. The van der Waals surface area contributed by atoms with Gasteiger partial charge in [0.05, 0.1) is 11.1 Å². The molecule has 0 bridgehead atoms. The van der Waals surface area contributed by atoms with Crippen molar-refractivity contribution >= 4 is 37.7 Å². The Morgan fingerprint density at radius 2 is 0.900 bits per heavy atom. The van der Waals surface area contributed by atoms with Crippen molar-refractivity contribution in [1.82, 2.24) is 0 Å². The van der Waals surface area contributed by atoms with Crippen molar-refractivity contribution in [3.63, 3.8) is 0 Å². The molecule has 0 amide bonds. The molecule has 0 heterocycles. The largest absolute Gasteiger partial charge is 0.282 e. The Hall–Kier alpha value is -2.30. The van der Waals surface area contributed by atoms with Crippen LogP contribution < -0.4 is 0 Å². The standard InChI is InChI=1S/C26H28N2S2/c1-25(2,27-17-19-9-5-7-11-23(19)29)21-13-15-22(16-14-21)26(3,4)28-18-20-10-6-8-12-24(20)30/h5-18,29-30H,1-4H3. The van der Waals surface area contributed by atoms with Gasteiger partial charge in [-0.25, -0.2) is 0 Å². The van der Waals surface area contributed by atoms with E-state index >= 15 is 0 Å². The Morgan fingerprint density at radius 1 is 0.567 bits per heavy atom. The first-order chi connectivity index (χ1) is 14.2. The highest BCUT2D eigenvalue weighted by Crippen LogP contribution is 2.30. The van der Waals surface area contributed by atoms with Crippen molar-refractivity contribution < 1.29 is 0 Å². The fourth-order valence-electron chi connectivity index (χ4n) is 3.09. The third kappa shape index (κ3) is 5.44. The van der Waals surface area contributed by atoms with E-state index in [4.69, 9.17) is 9.98 Å². The molecule has 4 heteroatoms. The molecule has 3 aromatic rings. The zero-order valence-electron chi connectivity index (χ0n) is 17.9. The molecule has 0 aliphatic heterocycles. The first-order valence-electron chi connectivity index (χ1n) is 9.96. The van der Waals surface area contributed by atoms with E-state index < -0.39 is 0 Å². The molecule has 30 heavy (non-hydrogen) atoms. The Bertz CT molecular complexity index is 978. The summed E-state index contributed by atoms with van der Waals surface area (Å²) < 4.78 is 0. The van der Waals surface area contributed by atoms with Crippen LogP contribution in [0, 0.1) is 0 Å². The highest BCUT2D eigenvalue weighted by Gasteiger charge is 2.22. The molecule has 3 aromatic carbocycles. The van der Waals surface area contributed by atoms with Gasteiger partial charge in [0.25, 0.3) is 0 Å². The minimum absolute atomic E-state index is 0.340. The number of nitrogens with zero attached hydrogens (tertiary/aromatic N) is 2. The van der Waals surface area contributed by atoms with Gasteiger partial charge < -0.3 is 0 Å². The molecule has 154 valence electrons. The van der Waals surface area contributed by atoms with E-state index in [1.165, 1.54) is 0 Å². The molecule has 0 fully saturated rings. The normalized spacial score (nSPS) is 12.7. The van der Waals surface area contributed by atoms with E-state index in [0.29, 0.717) is 0 Å². The smallest absolute Gasteiger partial charge is 0.0800 e. The van der Waals surface area contributed by atoms with E-state index in [-0.39, 0.29) is 11.1 Å². The quantitative estimate of drug-likeness (QED) is 0.310. The molecule has 3 rings (SSSR count). The second kappa shape index (κ2) is 9.23. The van der Waals surface area contributed by atoms with Gasteiger partial charge in [0.2, 0.25) is 0 Å². The molecule has 0 spiro atoms. The summed E-state index contributed by atoms with van der Waals surface area (Å²) in [6.07, 6.45) is 3.80. The number of hydrogen-bond donors (Lipinski definition) is 2. The minimum Gasteiger partial charge on any atom is -0.282 e. The topological polar surface area (TPSA) is 24.7 Å². The zero-order chi connectivity index (χ0) is 21.8. The highest BCUT2D eigenvalue weighted by molar-refractivity contribution is 7.80. The predicted octanol–water partition coefficient (Wildman–Crippen LogP) is 6.97. The summed E-state index contributed by atoms with van der Waals surface area (Å²) in [4.78, 5) is 11.5. The maximum Gasteiger partial charge on any atom is 0.0800 e. The van der Waals surface area contributed by atoms with Gasteiger partial charge in [-0.15, -0.1) is 25.3 Å². The molecular weight excluding hydrogens is 404 g/mol. The summed E-state index contributed by atoms with van der Waals surface area (Å²) in [5.74, 6) is 0. The average Bonchev–Trinajstić information content (AvgIpc) is 2.73. The Labute approximate surface area is 191 Å². The minimum atomic E-state index is -0.340. The van der Waals surface area contributed by atoms with Crippen LogP contribution in [0.2, 0.25) is 0 Å². The molecule has 0 atom stereocenters. The van der Waals surface area contributed by atoms with E-state index in [1.54, 1.807) is 0 Å². The van der Waals surface area contributed by atoms with Crippen LogP contribution in [0.5, 0.6) is 0 Å². The van der Waals surface area contributed by atoms with Crippen molar-refractivity contribution in [2.45, 2.75) is 48.6 Å². The molecular formula is C26H28N2S2. The number of benzene rings is 3. The molecule has 0 aliphatic rings. The van der Waals surface area contributed by atoms with Crippen LogP contribution in [0.3, 0.4) is 0 Å². The molecule has 0 radical (unpaired) electrons. The summed E-state index contributed by atoms with van der Waals surface area (Å²) in [6.45, 7) is 8.47. The van der Waals surface area contributed by atoms with Gasteiger partial charge in [0, 0.05) is 33.3 Å². The maximum absolute atomic E-state index is 4.82. The summed E-state index contributed by atoms with van der Waals surface area (Å²) >= 11 is 9.01. The van der Waals surface area contributed by atoms with Gasteiger partial charge in [0.15, 0.2) is 0 Å². The third-order valence-corrected chi connectivity index (χ3v) is 6.04. The summed E-state index contributed by atoms with van der Waals surface area (Å²) in [6, 6.07) is 24.5. The van der Waals surface area contributed by atoms with Crippen LogP contribution in [0.25, 0.3) is 0 Å². The van der Waals surface area contributed by atoms with Crippen molar-refractivity contribution in [1.29, 1.82) is 0 Å². The first kappa shape index (κ1) is 22.4. The highest BCUT2D eigenvalue weighted by atomic mass is 32.1. The van der Waals surface area contributed by atoms with Crippen LogP contribution in [0.4, 0.5) is 0 Å². The van der Waals surface area contributed by atoms with Crippen LogP contribution in [0.1, 0.15) is 49.9 Å². The van der Waals surface area contributed by atoms with Gasteiger partial charge in [-0.1, -0.05) is 60.7 Å². The van der Waals surface area contributed by atoms with Crippen molar-refractivity contribution in [2.24, 2.45) is 9.98 Å². The molecule has 2 nitrogen and oxygen atoms in total. The third-order valence-electron chi connectivity index (χ3n) is 5.22. The van der Waals surface area contributed by atoms with Crippen LogP contribution >= 0.6 is 25.3 Å². The van der Waals surface area contributed by atoms with Gasteiger partial charge in [-0.2, -0.15) is 0 Å². The summed E-state index contributed by atoms with van der Waals surface area (Å²) in [7, 11) is 0. The Kier molecular flexibility index (Phi) is 6.89. The van der Waals surface area contributed by atoms with E-state index in [2.05, 4.69) is 77.2 Å². The van der Waals surface area contributed by atoms with Crippen molar-refractivity contribution in [2.75, 3.05) is 0 Å². The fraction of sp³-hybridized carbons (Fsp3) is 0.231. The van der Waals surface area contributed by atoms with Crippen molar-refractivity contribution in [3.05, 3.63) is 95.1 Å².